The number of rotatable bonds is 6. The van der Waals surface area contributed by atoms with E-state index in [2.05, 4.69) is 4.72 Å². The molecule has 25 heavy (non-hydrogen) atoms. The fourth-order valence-corrected chi connectivity index (χ4v) is 4.07. The summed E-state index contributed by atoms with van der Waals surface area (Å²) >= 11 is 0. The zero-order valence-electron chi connectivity index (χ0n) is 15.2. The summed E-state index contributed by atoms with van der Waals surface area (Å²) in [5.41, 5.74) is 6.98. The highest BCUT2D eigenvalue weighted by molar-refractivity contribution is 7.89. The van der Waals surface area contributed by atoms with E-state index in [1.165, 1.54) is 0 Å². The zero-order chi connectivity index (χ0) is 18.6. The monoisotopic (exact) mass is 367 g/mol. The number of benzene rings is 1. The number of nitrogens with zero attached hydrogens (tertiary/aromatic N) is 1. The number of aryl methyl sites for hydroxylation is 1. The lowest BCUT2D eigenvalue weighted by atomic mass is 9.96. The molecule has 3 N–H and O–H groups in total. The van der Waals surface area contributed by atoms with Crippen LogP contribution in [0.15, 0.2) is 29.2 Å². The first-order valence-electron chi connectivity index (χ1n) is 8.81. The Hall–Kier alpha value is -1.44. The maximum atomic E-state index is 12.4. The lowest BCUT2D eigenvalue weighted by Crippen LogP contribution is -2.51. The van der Waals surface area contributed by atoms with Crippen molar-refractivity contribution in [1.29, 1.82) is 0 Å². The van der Waals surface area contributed by atoms with Gasteiger partial charge in [0.2, 0.25) is 15.9 Å². The normalized spacial score (nSPS) is 19.9. The zero-order valence-corrected chi connectivity index (χ0v) is 16.1. The number of hydrogen-bond acceptors (Lipinski definition) is 4. The van der Waals surface area contributed by atoms with Crippen LogP contribution in [0.5, 0.6) is 0 Å². The molecule has 0 spiro atoms. The van der Waals surface area contributed by atoms with Crippen LogP contribution in [0, 0.1) is 18.8 Å². The average molecular weight is 368 g/mol. The van der Waals surface area contributed by atoms with Crippen molar-refractivity contribution < 1.29 is 13.2 Å². The van der Waals surface area contributed by atoms with Gasteiger partial charge in [0.05, 0.1) is 10.9 Å². The Morgan fingerprint density at radius 2 is 1.96 bits per heavy atom. The number of likely N-dealkylation sites (tertiary alicyclic amines) is 1. The van der Waals surface area contributed by atoms with E-state index in [9.17, 15) is 13.2 Å². The van der Waals surface area contributed by atoms with E-state index in [-0.39, 0.29) is 22.6 Å². The molecule has 1 aromatic rings. The molecule has 1 aromatic carbocycles. The number of piperidine rings is 1. The van der Waals surface area contributed by atoms with Gasteiger partial charge in [0, 0.05) is 19.6 Å². The van der Waals surface area contributed by atoms with Gasteiger partial charge in [0.1, 0.15) is 0 Å². The van der Waals surface area contributed by atoms with Crippen molar-refractivity contribution in [2.24, 2.45) is 17.6 Å². The second-order valence-electron chi connectivity index (χ2n) is 7.23. The van der Waals surface area contributed by atoms with Crippen LogP contribution < -0.4 is 10.5 Å². The minimum Gasteiger partial charge on any atom is -0.341 e. The van der Waals surface area contributed by atoms with Crippen molar-refractivity contribution in [1.82, 2.24) is 9.62 Å². The maximum absolute atomic E-state index is 12.4. The summed E-state index contributed by atoms with van der Waals surface area (Å²) in [5, 5.41) is 0. The molecule has 1 fully saturated rings. The topological polar surface area (TPSA) is 92.5 Å². The van der Waals surface area contributed by atoms with Gasteiger partial charge in [0.15, 0.2) is 0 Å². The van der Waals surface area contributed by atoms with Crippen LogP contribution in [0.2, 0.25) is 0 Å². The molecule has 0 bridgehead atoms. The standard InChI is InChI=1S/C18H29N3O3S/c1-13(2)17(19)18(22)21-10-4-5-15(12-21)11-20-25(23,24)16-8-6-14(3)7-9-16/h6-9,13,15,17,20H,4-5,10-12,19H2,1-3H3/t15?,17-/m0/s1. The van der Waals surface area contributed by atoms with E-state index in [0.29, 0.717) is 19.6 Å². The van der Waals surface area contributed by atoms with E-state index in [1.807, 2.05) is 20.8 Å². The summed E-state index contributed by atoms with van der Waals surface area (Å²) in [7, 11) is -3.52. The molecule has 0 radical (unpaired) electrons. The van der Waals surface area contributed by atoms with Crippen molar-refractivity contribution in [2.75, 3.05) is 19.6 Å². The first-order valence-corrected chi connectivity index (χ1v) is 10.3. The molecule has 0 aromatic heterocycles. The number of carbonyl (C=O) groups excluding carboxylic acids is 1. The molecule has 1 aliphatic heterocycles. The molecule has 1 aliphatic rings. The summed E-state index contributed by atoms with van der Waals surface area (Å²) in [5.74, 6) is 0.159. The number of sulfonamides is 1. The van der Waals surface area contributed by atoms with Crippen molar-refractivity contribution in [3.8, 4) is 0 Å². The van der Waals surface area contributed by atoms with Gasteiger partial charge in [-0.3, -0.25) is 4.79 Å². The number of amides is 1. The Kier molecular flexibility index (Phi) is 6.59. The number of nitrogens with one attached hydrogen (secondary N) is 1. The Morgan fingerprint density at radius 1 is 1.32 bits per heavy atom. The van der Waals surface area contributed by atoms with Gasteiger partial charge in [-0.05, 0) is 43.7 Å². The fraction of sp³-hybridized carbons (Fsp3) is 0.611. The molecule has 140 valence electrons. The molecule has 1 unspecified atom stereocenters. The minimum absolute atomic E-state index is 0.0407. The predicted octanol–water partition coefficient (Wildman–Crippen LogP) is 1.50. The molecule has 1 amide bonds. The second kappa shape index (κ2) is 8.29. The van der Waals surface area contributed by atoms with Crippen molar-refractivity contribution in [2.45, 2.75) is 44.6 Å². The quantitative estimate of drug-likeness (QED) is 0.797. The van der Waals surface area contributed by atoms with E-state index in [0.717, 1.165) is 18.4 Å². The first-order chi connectivity index (χ1) is 11.7. The molecule has 1 heterocycles. The Labute approximate surface area is 150 Å². The Morgan fingerprint density at radius 3 is 2.56 bits per heavy atom. The average Bonchev–Trinajstić information content (AvgIpc) is 2.59. The SMILES string of the molecule is Cc1ccc(S(=O)(=O)NCC2CCCN(C(=O)[C@@H](N)C(C)C)C2)cc1. The van der Waals surface area contributed by atoms with Crippen molar-refractivity contribution >= 4 is 15.9 Å². The summed E-state index contributed by atoms with van der Waals surface area (Å²) in [6, 6.07) is 6.28. The van der Waals surface area contributed by atoms with E-state index in [4.69, 9.17) is 5.73 Å². The molecule has 0 aliphatic carbocycles. The fourth-order valence-electron chi connectivity index (χ4n) is 2.96. The van der Waals surface area contributed by atoms with Gasteiger partial charge in [-0.15, -0.1) is 0 Å². The molecule has 6 nitrogen and oxygen atoms in total. The third kappa shape index (κ3) is 5.26. The highest BCUT2D eigenvalue weighted by Gasteiger charge is 2.29. The van der Waals surface area contributed by atoms with E-state index >= 15 is 0 Å². The largest absolute Gasteiger partial charge is 0.341 e. The van der Waals surface area contributed by atoms with Crippen LogP contribution >= 0.6 is 0 Å². The van der Waals surface area contributed by atoms with Crippen LogP contribution in [0.25, 0.3) is 0 Å². The molecule has 2 atom stereocenters. The second-order valence-corrected chi connectivity index (χ2v) is 8.99. The number of nitrogens with two attached hydrogens (primary N) is 1. The van der Waals surface area contributed by atoms with Gasteiger partial charge in [-0.2, -0.15) is 0 Å². The van der Waals surface area contributed by atoms with Crippen LogP contribution in [-0.2, 0) is 14.8 Å². The number of hydrogen-bond donors (Lipinski definition) is 2. The van der Waals surface area contributed by atoms with Crippen LogP contribution in [0.1, 0.15) is 32.3 Å². The van der Waals surface area contributed by atoms with Gasteiger partial charge in [-0.25, -0.2) is 13.1 Å². The highest BCUT2D eigenvalue weighted by Crippen LogP contribution is 2.19. The lowest BCUT2D eigenvalue weighted by Gasteiger charge is -2.35. The lowest BCUT2D eigenvalue weighted by molar-refractivity contribution is -0.135. The van der Waals surface area contributed by atoms with Crippen LogP contribution in [0.4, 0.5) is 0 Å². The van der Waals surface area contributed by atoms with Crippen molar-refractivity contribution in [3.05, 3.63) is 29.8 Å². The van der Waals surface area contributed by atoms with Gasteiger partial charge in [0.25, 0.3) is 0 Å². The molecule has 2 rings (SSSR count). The number of carbonyl (C=O) groups is 1. The van der Waals surface area contributed by atoms with Gasteiger partial charge < -0.3 is 10.6 Å². The summed E-state index contributed by atoms with van der Waals surface area (Å²) in [6.07, 6.45) is 1.77. The Balaban J connectivity index is 1.94. The van der Waals surface area contributed by atoms with Gasteiger partial charge in [-0.1, -0.05) is 31.5 Å². The molecule has 7 heteroatoms. The molecule has 0 saturated carbocycles. The third-order valence-corrected chi connectivity index (χ3v) is 6.17. The van der Waals surface area contributed by atoms with E-state index < -0.39 is 16.1 Å². The van der Waals surface area contributed by atoms with Crippen LogP contribution in [0.3, 0.4) is 0 Å². The highest BCUT2D eigenvalue weighted by atomic mass is 32.2. The Bertz CT molecular complexity index is 686. The minimum atomic E-state index is -3.52. The first kappa shape index (κ1) is 19.9. The molecular weight excluding hydrogens is 338 g/mol. The smallest absolute Gasteiger partial charge is 0.240 e. The maximum Gasteiger partial charge on any atom is 0.240 e. The molecule has 1 saturated heterocycles. The predicted molar refractivity (Wildman–Crippen MR) is 98.5 cm³/mol. The van der Waals surface area contributed by atoms with Crippen molar-refractivity contribution in [3.63, 3.8) is 0 Å². The summed E-state index contributed by atoms with van der Waals surface area (Å²) < 4.78 is 27.5. The van der Waals surface area contributed by atoms with Crippen LogP contribution in [-0.4, -0.2) is 44.9 Å². The third-order valence-electron chi connectivity index (χ3n) is 4.73. The summed E-state index contributed by atoms with van der Waals surface area (Å²) in [6.45, 7) is 7.35. The van der Waals surface area contributed by atoms with Gasteiger partial charge >= 0.3 is 0 Å². The molecular formula is C18H29N3O3S. The summed E-state index contributed by atoms with van der Waals surface area (Å²) in [4.78, 5) is 14.4. The van der Waals surface area contributed by atoms with E-state index in [1.54, 1.807) is 29.2 Å².